The van der Waals surface area contributed by atoms with E-state index < -0.39 is 27.6 Å². The first-order valence-electron chi connectivity index (χ1n) is 7.46. The Morgan fingerprint density at radius 1 is 1.04 bits per heavy atom. The van der Waals surface area contributed by atoms with Crippen molar-refractivity contribution >= 4 is 16.0 Å². The normalized spacial score (nSPS) is 11.4. The van der Waals surface area contributed by atoms with Gasteiger partial charge >= 0.3 is 11.7 Å². The molecule has 0 amide bonds. The number of aliphatic carboxylic acids is 1. The molecule has 0 bridgehead atoms. The number of hydrogen-bond donors (Lipinski definition) is 2. The first-order valence-corrected chi connectivity index (χ1v) is 8.90. The largest absolute Gasteiger partial charge is 0.493 e. The predicted octanol–water partition coefficient (Wildman–Crippen LogP) is 1.21. The first kappa shape index (κ1) is 17.5. The summed E-state index contributed by atoms with van der Waals surface area (Å²) in [4.78, 5) is 23.1. The minimum Gasteiger partial charge on any atom is -0.493 e. The molecule has 0 saturated carbocycles. The molecule has 0 aliphatic heterocycles. The van der Waals surface area contributed by atoms with Crippen LogP contribution in [0.2, 0.25) is 0 Å². The van der Waals surface area contributed by atoms with E-state index in [0.717, 1.165) is 16.8 Å². The van der Waals surface area contributed by atoms with Crippen LogP contribution in [0, 0.1) is 0 Å². The molecule has 26 heavy (non-hydrogen) atoms. The van der Waals surface area contributed by atoms with Crippen molar-refractivity contribution in [1.82, 2.24) is 8.54 Å². The molecule has 9 heteroatoms. The lowest BCUT2D eigenvalue weighted by molar-refractivity contribution is -0.136. The fourth-order valence-electron chi connectivity index (χ4n) is 2.51. The number of aromatic hydroxyl groups is 1. The summed E-state index contributed by atoms with van der Waals surface area (Å²) in [5.41, 5.74) is -0.313. The maximum absolute atomic E-state index is 12.8. The summed E-state index contributed by atoms with van der Waals surface area (Å²) in [6.07, 6.45) is 0.644. The number of aromatic nitrogens is 2. The molecule has 0 radical (unpaired) electrons. The SMILES string of the molecule is O=C(O)Cc1cccc(S(=O)(=O)n2c(O)cn(-c3ccccc3)c2=O)c1. The van der Waals surface area contributed by atoms with Crippen molar-refractivity contribution in [2.75, 3.05) is 0 Å². The number of carboxylic acids is 1. The number of para-hydroxylation sites is 1. The molecule has 134 valence electrons. The number of imidazole rings is 1. The standard InChI is InChI=1S/C17H14N2O6S/c20-15-11-18(13-6-2-1-3-7-13)17(23)19(15)26(24,25)14-8-4-5-12(9-14)10-16(21)22/h1-9,11,20H,10H2,(H,21,22). The molecule has 2 N–H and O–H groups in total. The van der Waals surface area contributed by atoms with Crippen LogP contribution in [0.3, 0.4) is 0 Å². The van der Waals surface area contributed by atoms with E-state index in [1.165, 1.54) is 18.2 Å². The van der Waals surface area contributed by atoms with Crippen molar-refractivity contribution in [2.45, 2.75) is 11.3 Å². The Bertz CT molecular complexity index is 1130. The van der Waals surface area contributed by atoms with Crippen LogP contribution < -0.4 is 5.69 Å². The van der Waals surface area contributed by atoms with Gasteiger partial charge in [0.05, 0.1) is 23.2 Å². The number of benzene rings is 2. The lowest BCUT2D eigenvalue weighted by atomic mass is 10.2. The van der Waals surface area contributed by atoms with Crippen molar-refractivity contribution in [2.24, 2.45) is 0 Å². The number of rotatable bonds is 5. The Hall–Kier alpha value is -3.33. The summed E-state index contributed by atoms with van der Waals surface area (Å²) in [7, 11) is -4.41. The Morgan fingerprint density at radius 2 is 1.73 bits per heavy atom. The van der Waals surface area contributed by atoms with Crippen molar-refractivity contribution in [3.8, 4) is 11.6 Å². The number of carbonyl (C=O) groups is 1. The van der Waals surface area contributed by atoms with Crippen LogP contribution >= 0.6 is 0 Å². The summed E-state index contributed by atoms with van der Waals surface area (Å²) in [6, 6.07) is 13.5. The highest BCUT2D eigenvalue weighted by molar-refractivity contribution is 7.90. The van der Waals surface area contributed by atoms with Crippen molar-refractivity contribution in [3.05, 3.63) is 76.8 Å². The zero-order valence-electron chi connectivity index (χ0n) is 13.3. The quantitative estimate of drug-likeness (QED) is 0.693. The highest BCUT2D eigenvalue weighted by Gasteiger charge is 2.26. The average molecular weight is 374 g/mol. The first-order chi connectivity index (χ1) is 12.3. The van der Waals surface area contributed by atoms with Crippen molar-refractivity contribution in [1.29, 1.82) is 0 Å². The topological polar surface area (TPSA) is 119 Å². The van der Waals surface area contributed by atoms with Gasteiger partial charge in [-0.05, 0) is 29.8 Å². The van der Waals surface area contributed by atoms with Crippen LogP contribution in [0.25, 0.3) is 5.69 Å². The second-order valence-corrected chi connectivity index (χ2v) is 7.25. The van der Waals surface area contributed by atoms with Gasteiger partial charge in [-0.25, -0.2) is 13.2 Å². The lowest BCUT2D eigenvalue weighted by Gasteiger charge is -2.07. The van der Waals surface area contributed by atoms with Crippen LogP contribution in [-0.4, -0.2) is 33.1 Å². The molecule has 1 aromatic heterocycles. The minimum atomic E-state index is -4.41. The highest BCUT2D eigenvalue weighted by Crippen LogP contribution is 2.20. The van der Waals surface area contributed by atoms with Gasteiger partial charge in [0, 0.05) is 0 Å². The molecule has 1 heterocycles. The molecule has 0 atom stereocenters. The predicted molar refractivity (Wildman–Crippen MR) is 92.1 cm³/mol. The summed E-state index contributed by atoms with van der Waals surface area (Å²) in [5.74, 6) is -1.86. The maximum Gasteiger partial charge on any atom is 0.350 e. The van der Waals surface area contributed by atoms with E-state index >= 15 is 0 Å². The van der Waals surface area contributed by atoms with E-state index in [0.29, 0.717) is 5.69 Å². The molecule has 0 fully saturated rings. The summed E-state index contributed by atoms with van der Waals surface area (Å²) in [5, 5.41) is 18.9. The van der Waals surface area contributed by atoms with E-state index in [4.69, 9.17) is 5.11 Å². The Kier molecular flexibility index (Phi) is 4.39. The van der Waals surface area contributed by atoms with Crippen LogP contribution in [0.5, 0.6) is 5.88 Å². The third kappa shape index (κ3) is 3.11. The number of hydrogen-bond acceptors (Lipinski definition) is 5. The molecule has 0 unspecified atom stereocenters. The molecule has 0 saturated heterocycles. The van der Waals surface area contributed by atoms with Crippen molar-refractivity contribution < 1.29 is 23.4 Å². The lowest BCUT2D eigenvalue weighted by Crippen LogP contribution is -2.28. The van der Waals surface area contributed by atoms with E-state index in [-0.39, 0.29) is 20.9 Å². The molecule has 3 rings (SSSR count). The molecular formula is C17H14N2O6S. The Balaban J connectivity index is 2.13. The maximum atomic E-state index is 12.8. The van der Waals surface area contributed by atoms with E-state index in [2.05, 4.69) is 0 Å². The Morgan fingerprint density at radius 3 is 2.38 bits per heavy atom. The van der Waals surface area contributed by atoms with Crippen LogP contribution in [0.15, 0.2) is 70.5 Å². The Labute approximate surface area is 148 Å². The molecule has 0 spiro atoms. The van der Waals surface area contributed by atoms with Crippen LogP contribution in [-0.2, 0) is 21.2 Å². The van der Waals surface area contributed by atoms with Gasteiger partial charge in [0.25, 0.3) is 10.0 Å². The summed E-state index contributed by atoms with van der Waals surface area (Å²) in [6.45, 7) is 0. The van der Waals surface area contributed by atoms with Gasteiger partial charge in [0.2, 0.25) is 5.88 Å². The van der Waals surface area contributed by atoms with Gasteiger partial charge in [-0.2, -0.15) is 0 Å². The van der Waals surface area contributed by atoms with Crippen molar-refractivity contribution in [3.63, 3.8) is 0 Å². The fraction of sp³-hybridized carbons (Fsp3) is 0.0588. The zero-order valence-corrected chi connectivity index (χ0v) is 14.1. The molecule has 0 aliphatic rings. The smallest absolute Gasteiger partial charge is 0.350 e. The monoisotopic (exact) mass is 374 g/mol. The van der Waals surface area contributed by atoms with Gasteiger partial charge < -0.3 is 10.2 Å². The minimum absolute atomic E-state index is 0.258. The molecule has 2 aromatic carbocycles. The van der Waals surface area contributed by atoms with Gasteiger partial charge in [-0.3, -0.25) is 9.36 Å². The van der Waals surface area contributed by atoms with E-state index in [1.807, 2.05) is 0 Å². The van der Waals surface area contributed by atoms with E-state index in [1.54, 1.807) is 30.3 Å². The second-order valence-electron chi connectivity index (χ2n) is 5.46. The molecule has 8 nitrogen and oxygen atoms in total. The highest BCUT2D eigenvalue weighted by atomic mass is 32.2. The summed E-state index contributed by atoms with van der Waals surface area (Å²) >= 11 is 0. The van der Waals surface area contributed by atoms with Gasteiger partial charge in [-0.15, -0.1) is 3.97 Å². The van der Waals surface area contributed by atoms with Crippen LogP contribution in [0.1, 0.15) is 5.56 Å². The molecular weight excluding hydrogens is 360 g/mol. The van der Waals surface area contributed by atoms with Crippen LogP contribution in [0.4, 0.5) is 0 Å². The number of nitrogens with zero attached hydrogens (tertiary/aromatic N) is 2. The second kappa shape index (κ2) is 6.52. The third-order valence-electron chi connectivity index (χ3n) is 3.66. The molecule has 3 aromatic rings. The van der Waals surface area contributed by atoms with Gasteiger partial charge in [-0.1, -0.05) is 30.3 Å². The summed E-state index contributed by atoms with van der Waals surface area (Å²) < 4.78 is 26.9. The third-order valence-corrected chi connectivity index (χ3v) is 5.33. The number of carboxylic acid groups (broad SMARTS) is 1. The average Bonchev–Trinajstić information content (AvgIpc) is 2.90. The van der Waals surface area contributed by atoms with E-state index in [9.17, 15) is 23.1 Å². The van der Waals surface area contributed by atoms with Gasteiger partial charge in [0.15, 0.2) is 0 Å². The van der Waals surface area contributed by atoms with Gasteiger partial charge in [0.1, 0.15) is 0 Å². The molecule has 0 aliphatic carbocycles. The fourth-order valence-corrected chi connectivity index (χ4v) is 3.86. The zero-order chi connectivity index (χ0) is 18.9.